The molecule has 1 fully saturated rings. The van der Waals surface area contributed by atoms with Gasteiger partial charge in [-0.1, -0.05) is 69.4 Å². The van der Waals surface area contributed by atoms with Crippen molar-refractivity contribution in [1.82, 2.24) is 10.9 Å². The van der Waals surface area contributed by atoms with E-state index in [1.165, 1.54) is 32.1 Å². The van der Waals surface area contributed by atoms with E-state index in [1.807, 2.05) is 24.3 Å². The molecule has 2 aromatic carbocycles. The minimum Gasteiger partial charge on any atom is -0.493 e. The van der Waals surface area contributed by atoms with Gasteiger partial charge in [0.1, 0.15) is 5.75 Å². The molecule has 0 aromatic heterocycles. The second-order valence-corrected chi connectivity index (χ2v) is 6.79. The smallest absolute Gasteiger partial charge is 0.262 e. The maximum absolute atomic E-state index is 11.9. The van der Waals surface area contributed by atoms with Crippen molar-refractivity contribution in [2.75, 3.05) is 13.2 Å². The lowest BCUT2D eigenvalue weighted by Gasteiger charge is -2.12. The topological polar surface area (TPSA) is 50.4 Å². The molecule has 0 saturated carbocycles. The van der Waals surface area contributed by atoms with Crippen LogP contribution in [0.3, 0.4) is 0 Å². The number of carbonyl (C=O) groups is 1. The number of unbranched alkanes of at least 4 members (excludes halogenated alkanes) is 5. The average molecular weight is 352 g/mol. The zero-order chi connectivity index (χ0) is 18.2. The second-order valence-electron chi connectivity index (χ2n) is 6.79. The predicted molar refractivity (Wildman–Crippen MR) is 107 cm³/mol. The molecule has 1 amide bonds. The SMILES string of the molecule is CCCCCCCCOc1ccc2ccccc2c1/C=C1\CNNC1=O. The van der Waals surface area contributed by atoms with Gasteiger partial charge in [0.2, 0.25) is 0 Å². The summed E-state index contributed by atoms with van der Waals surface area (Å²) >= 11 is 0. The van der Waals surface area contributed by atoms with Gasteiger partial charge in [0, 0.05) is 17.7 Å². The fraction of sp³-hybridized carbons (Fsp3) is 0.409. The molecular formula is C22H28N2O2. The third-order valence-corrected chi connectivity index (χ3v) is 4.78. The molecule has 3 rings (SSSR count). The van der Waals surface area contributed by atoms with Crippen molar-refractivity contribution in [2.45, 2.75) is 45.4 Å². The highest BCUT2D eigenvalue weighted by atomic mass is 16.5. The summed E-state index contributed by atoms with van der Waals surface area (Å²) in [4.78, 5) is 11.9. The number of amides is 1. The molecule has 0 bridgehead atoms. The fourth-order valence-electron chi connectivity index (χ4n) is 3.29. The Bertz CT molecular complexity index is 783. The summed E-state index contributed by atoms with van der Waals surface area (Å²) in [6.45, 7) is 3.48. The van der Waals surface area contributed by atoms with Crippen molar-refractivity contribution < 1.29 is 9.53 Å². The molecule has 1 aliphatic rings. The van der Waals surface area contributed by atoms with Gasteiger partial charge in [-0.25, -0.2) is 5.43 Å². The Hall–Kier alpha value is -2.33. The summed E-state index contributed by atoms with van der Waals surface area (Å²) in [7, 11) is 0. The van der Waals surface area contributed by atoms with Gasteiger partial charge >= 0.3 is 0 Å². The maximum atomic E-state index is 11.9. The first-order valence-electron chi connectivity index (χ1n) is 9.68. The molecule has 2 N–H and O–H groups in total. The van der Waals surface area contributed by atoms with Crippen LogP contribution < -0.4 is 15.6 Å². The number of hydrazine groups is 1. The van der Waals surface area contributed by atoms with Crippen molar-refractivity contribution in [3.63, 3.8) is 0 Å². The summed E-state index contributed by atoms with van der Waals surface area (Å²) in [5.74, 6) is 0.782. The molecule has 1 saturated heterocycles. The molecule has 0 radical (unpaired) electrons. The van der Waals surface area contributed by atoms with Gasteiger partial charge < -0.3 is 4.74 Å². The molecular weight excluding hydrogens is 324 g/mol. The van der Waals surface area contributed by atoms with Gasteiger partial charge in [0.15, 0.2) is 0 Å². The highest BCUT2D eigenvalue weighted by Gasteiger charge is 2.17. The number of fused-ring (bicyclic) bond motifs is 1. The van der Waals surface area contributed by atoms with Crippen LogP contribution in [0.15, 0.2) is 42.0 Å². The molecule has 2 aromatic rings. The van der Waals surface area contributed by atoms with E-state index < -0.39 is 0 Å². The van der Waals surface area contributed by atoms with Crippen LogP contribution in [0.1, 0.15) is 51.0 Å². The van der Waals surface area contributed by atoms with Crippen LogP contribution in [0.5, 0.6) is 5.75 Å². The van der Waals surface area contributed by atoms with Crippen LogP contribution in [-0.2, 0) is 4.79 Å². The molecule has 26 heavy (non-hydrogen) atoms. The van der Waals surface area contributed by atoms with Gasteiger partial charge in [-0.3, -0.25) is 10.2 Å². The Morgan fingerprint density at radius 1 is 1.04 bits per heavy atom. The number of hydrogen-bond acceptors (Lipinski definition) is 3. The first kappa shape index (κ1) is 18.5. The van der Waals surface area contributed by atoms with Gasteiger partial charge in [0.05, 0.1) is 6.61 Å². The monoisotopic (exact) mass is 352 g/mol. The van der Waals surface area contributed by atoms with E-state index in [-0.39, 0.29) is 5.91 Å². The summed E-state index contributed by atoms with van der Waals surface area (Å²) in [6, 6.07) is 12.3. The van der Waals surface area contributed by atoms with E-state index in [4.69, 9.17) is 4.74 Å². The number of carbonyl (C=O) groups excluding carboxylic acids is 1. The van der Waals surface area contributed by atoms with Crippen LogP contribution in [0.25, 0.3) is 16.8 Å². The molecule has 0 unspecified atom stereocenters. The standard InChI is InChI=1S/C22H28N2O2/c1-2-3-4-5-6-9-14-26-21-13-12-17-10-7-8-11-19(17)20(21)15-18-16-23-24-22(18)25/h7-8,10-13,15,23H,2-6,9,14,16H2,1H3,(H,24,25)/b18-15+. The molecule has 0 spiro atoms. The van der Waals surface area contributed by atoms with Gasteiger partial charge in [-0.05, 0) is 29.3 Å². The first-order valence-corrected chi connectivity index (χ1v) is 9.68. The molecule has 1 heterocycles. The van der Waals surface area contributed by atoms with Crippen molar-refractivity contribution in [1.29, 1.82) is 0 Å². The zero-order valence-corrected chi connectivity index (χ0v) is 15.5. The minimum atomic E-state index is -0.0696. The summed E-state index contributed by atoms with van der Waals surface area (Å²) in [5, 5.41) is 2.26. The lowest BCUT2D eigenvalue weighted by atomic mass is 10.0. The quantitative estimate of drug-likeness (QED) is 0.512. The van der Waals surface area contributed by atoms with Crippen LogP contribution in [0.2, 0.25) is 0 Å². The molecule has 0 aliphatic carbocycles. The normalized spacial score (nSPS) is 15.6. The van der Waals surface area contributed by atoms with Gasteiger partial charge in [-0.15, -0.1) is 0 Å². The number of benzene rings is 2. The largest absolute Gasteiger partial charge is 0.493 e. The van der Waals surface area contributed by atoms with E-state index in [2.05, 4.69) is 36.0 Å². The average Bonchev–Trinajstić information content (AvgIpc) is 3.07. The molecule has 1 aliphatic heterocycles. The summed E-state index contributed by atoms with van der Waals surface area (Å²) in [5.41, 5.74) is 7.23. The number of rotatable bonds is 9. The van der Waals surface area contributed by atoms with Crippen LogP contribution >= 0.6 is 0 Å². The van der Waals surface area contributed by atoms with E-state index in [9.17, 15) is 4.79 Å². The van der Waals surface area contributed by atoms with E-state index in [0.717, 1.165) is 34.1 Å². The van der Waals surface area contributed by atoms with Crippen LogP contribution in [0, 0.1) is 0 Å². The highest BCUT2D eigenvalue weighted by Crippen LogP contribution is 2.30. The van der Waals surface area contributed by atoms with Gasteiger partial charge in [0.25, 0.3) is 5.91 Å². The van der Waals surface area contributed by atoms with E-state index >= 15 is 0 Å². The fourth-order valence-corrected chi connectivity index (χ4v) is 3.29. The number of nitrogens with one attached hydrogen (secondary N) is 2. The second kappa shape index (κ2) is 9.39. The van der Waals surface area contributed by atoms with Crippen molar-refractivity contribution in [3.05, 3.63) is 47.5 Å². The molecule has 138 valence electrons. The summed E-state index contributed by atoms with van der Waals surface area (Å²) < 4.78 is 6.10. The van der Waals surface area contributed by atoms with Crippen molar-refractivity contribution >= 4 is 22.8 Å². The molecule has 4 nitrogen and oxygen atoms in total. The van der Waals surface area contributed by atoms with Crippen molar-refractivity contribution in [2.24, 2.45) is 0 Å². The Labute approximate surface area is 155 Å². The Balaban J connectivity index is 1.74. The first-order chi connectivity index (χ1) is 12.8. The van der Waals surface area contributed by atoms with Gasteiger partial charge in [-0.2, -0.15) is 0 Å². The third-order valence-electron chi connectivity index (χ3n) is 4.78. The Morgan fingerprint density at radius 3 is 2.65 bits per heavy atom. The Morgan fingerprint density at radius 2 is 1.85 bits per heavy atom. The van der Waals surface area contributed by atoms with Crippen LogP contribution in [0.4, 0.5) is 0 Å². The Kier molecular flexibility index (Phi) is 6.67. The lowest BCUT2D eigenvalue weighted by molar-refractivity contribution is -0.116. The van der Waals surface area contributed by atoms with Crippen LogP contribution in [-0.4, -0.2) is 19.1 Å². The predicted octanol–water partition coefficient (Wildman–Crippen LogP) is 4.60. The molecule has 0 atom stereocenters. The zero-order valence-electron chi connectivity index (χ0n) is 15.5. The molecule has 4 heteroatoms. The van der Waals surface area contributed by atoms with E-state index in [1.54, 1.807) is 0 Å². The minimum absolute atomic E-state index is 0.0696. The number of ether oxygens (including phenoxy) is 1. The van der Waals surface area contributed by atoms with E-state index in [0.29, 0.717) is 13.2 Å². The van der Waals surface area contributed by atoms with Crippen molar-refractivity contribution in [3.8, 4) is 5.75 Å². The summed E-state index contributed by atoms with van der Waals surface area (Å²) in [6.07, 6.45) is 9.40. The maximum Gasteiger partial charge on any atom is 0.262 e. The third kappa shape index (κ3) is 4.64. The highest BCUT2D eigenvalue weighted by molar-refractivity contribution is 6.03. The lowest BCUT2D eigenvalue weighted by Crippen LogP contribution is -2.25. The number of hydrogen-bond donors (Lipinski definition) is 2.